The maximum Gasteiger partial charge on any atom is 0.322 e. The van der Waals surface area contributed by atoms with Crippen molar-refractivity contribution in [1.82, 2.24) is 0 Å². The molecule has 2 unspecified atom stereocenters. The van der Waals surface area contributed by atoms with Gasteiger partial charge in [0.2, 0.25) is 0 Å². The van der Waals surface area contributed by atoms with Crippen LogP contribution in [-0.4, -0.2) is 30.3 Å². The second-order valence-electron chi connectivity index (χ2n) is 4.33. The van der Waals surface area contributed by atoms with Gasteiger partial charge in [-0.15, -0.1) is 0 Å². The van der Waals surface area contributed by atoms with Crippen molar-refractivity contribution in [3.63, 3.8) is 0 Å². The minimum absolute atomic E-state index is 0.314. The first-order chi connectivity index (χ1) is 7.15. The Morgan fingerprint density at radius 3 is 2.60 bits per heavy atom. The number of esters is 1. The summed E-state index contributed by atoms with van der Waals surface area (Å²) in [4.78, 5) is 11.1. The molecule has 1 aliphatic rings. The first-order valence-electron chi connectivity index (χ1n) is 5.66. The minimum atomic E-state index is -0.688. The monoisotopic (exact) mass is 215 g/mol. The molecular formula is C11H21NO3. The van der Waals surface area contributed by atoms with E-state index in [1.54, 1.807) is 0 Å². The SMILES string of the molecule is COC(=O)C(N)CC(O)C1CCCCC1. The van der Waals surface area contributed by atoms with Crippen LogP contribution < -0.4 is 5.73 Å². The third kappa shape index (κ3) is 3.80. The Morgan fingerprint density at radius 2 is 2.07 bits per heavy atom. The zero-order valence-electron chi connectivity index (χ0n) is 9.32. The molecule has 4 nitrogen and oxygen atoms in total. The van der Waals surface area contributed by atoms with E-state index in [0.717, 1.165) is 12.8 Å². The smallest absolute Gasteiger partial charge is 0.322 e. The number of rotatable bonds is 4. The number of carbonyl (C=O) groups is 1. The summed E-state index contributed by atoms with van der Waals surface area (Å²) in [7, 11) is 1.31. The summed E-state index contributed by atoms with van der Waals surface area (Å²) < 4.78 is 4.53. The molecule has 1 aliphatic carbocycles. The van der Waals surface area contributed by atoms with Crippen molar-refractivity contribution < 1.29 is 14.6 Å². The molecule has 4 heteroatoms. The molecule has 3 N–H and O–H groups in total. The highest BCUT2D eigenvalue weighted by Crippen LogP contribution is 2.28. The Labute approximate surface area is 90.8 Å². The minimum Gasteiger partial charge on any atom is -0.468 e. The molecule has 0 heterocycles. The Hall–Kier alpha value is -0.610. The highest BCUT2D eigenvalue weighted by molar-refractivity contribution is 5.75. The van der Waals surface area contributed by atoms with E-state index < -0.39 is 18.1 Å². The molecule has 0 radical (unpaired) electrons. The summed E-state index contributed by atoms with van der Waals surface area (Å²) in [5.41, 5.74) is 5.60. The summed E-state index contributed by atoms with van der Waals surface area (Å²) in [5.74, 6) is -0.126. The normalized spacial score (nSPS) is 22.1. The fourth-order valence-corrected chi connectivity index (χ4v) is 2.22. The Kier molecular flexibility index (Phi) is 5.05. The van der Waals surface area contributed by atoms with E-state index in [0.29, 0.717) is 12.3 Å². The maximum absolute atomic E-state index is 11.1. The van der Waals surface area contributed by atoms with Crippen molar-refractivity contribution in [1.29, 1.82) is 0 Å². The van der Waals surface area contributed by atoms with Crippen LogP contribution in [0.25, 0.3) is 0 Å². The number of nitrogens with two attached hydrogens (primary N) is 1. The van der Waals surface area contributed by atoms with Gasteiger partial charge in [-0.05, 0) is 25.2 Å². The van der Waals surface area contributed by atoms with Crippen LogP contribution in [0, 0.1) is 5.92 Å². The lowest BCUT2D eigenvalue weighted by atomic mass is 9.83. The van der Waals surface area contributed by atoms with E-state index in [1.807, 2.05) is 0 Å². The van der Waals surface area contributed by atoms with Crippen molar-refractivity contribution in [2.75, 3.05) is 7.11 Å². The van der Waals surface area contributed by atoms with E-state index >= 15 is 0 Å². The fourth-order valence-electron chi connectivity index (χ4n) is 2.22. The second-order valence-corrected chi connectivity index (χ2v) is 4.33. The number of hydrogen-bond acceptors (Lipinski definition) is 4. The number of aliphatic hydroxyl groups is 1. The standard InChI is InChI=1S/C11H21NO3/c1-15-11(14)9(12)7-10(13)8-5-3-2-4-6-8/h8-10,13H,2-7,12H2,1H3. The van der Waals surface area contributed by atoms with Crippen LogP contribution in [0.1, 0.15) is 38.5 Å². The van der Waals surface area contributed by atoms with Gasteiger partial charge in [-0.1, -0.05) is 19.3 Å². The lowest BCUT2D eigenvalue weighted by molar-refractivity contribution is -0.143. The first kappa shape index (κ1) is 12.5. The van der Waals surface area contributed by atoms with Gasteiger partial charge in [0.25, 0.3) is 0 Å². The van der Waals surface area contributed by atoms with E-state index in [-0.39, 0.29) is 0 Å². The second kappa shape index (κ2) is 6.08. The summed E-state index contributed by atoms with van der Waals surface area (Å²) in [6.07, 6.45) is 5.57. The Bertz CT molecular complexity index is 202. The van der Waals surface area contributed by atoms with Crippen molar-refractivity contribution >= 4 is 5.97 Å². The molecule has 88 valence electrons. The average molecular weight is 215 g/mol. The maximum atomic E-state index is 11.1. The number of ether oxygens (including phenoxy) is 1. The lowest BCUT2D eigenvalue weighted by Gasteiger charge is -2.27. The van der Waals surface area contributed by atoms with Crippen molar-refractivity contribution in [2.24, 2.45) is 11.7 Å². The van der Waals surface area contributed by atoms with Crippen LogP contribution >= 0.6 is 0 Å². The van der Waals surface area contributed by atoms with Crippen LogP contribution in [-0.2, 0) is 9.53 Å². The van der Waals surface area contributed by atoms with Gasteiger partial charge in [-0.25, -0.2) is 0 Å². The third-order valence-corrected chi connectivity index (χ3v) is 3.19. The summed E-state index contributed by atoms with van der Waals surface area (Å²) >= 11 is 0. The number of aliphatic hydroxyl groups excluding tert-OH is 1. The van der Waals surface area contributed by atoms with Crippen LogP contribution in [0.5, 0.6) is 0 Å². The van der Waals surface area contributed by atoms with Crippen LogP contribution in [0.2, 0.25) is 0 Å². The summed E-state index contributed by atoms with van der Waals surface area (Å²) in [5, 5.41) is 9.90. The van der Waals surface area contributed by atoms with Gasteiger partial charge in [0.05, 0.1) is 13.2 Å². The largest absolute Gasteiger partial charge is 0.468 e. The average Bonchev–Trinajstić information content (AvgIpc) is 2.29. The summed E-state index contributed by atoms with van der Waals surface area (Å²) in [6.45, 7) is 0. The molecule has 0 bridgehead atoms. The highest BCUT2D eigenvalue weighted by atomic mass is 16.5. The zero-order valence-corrected chi connectivity index (χ0v) is 9.32. The molecule has 1 saturated carbocycles. The van der Waals surface area contributed by atoms with Gasteiger partial charge in [0.15, 0.2) is 0 Å². The van der Waals surface area contributed by atoms with E-state index in [4.69, 9.17) is 5.73 Å². The topological polar surface area (TPSA) is 72.5 Å². The predicted molar refractivity (Wildman–Crippen MR) is 57.2 cm³/mol. The predicted octanol–water partition coefficient (Wildman–Crippen LogP) is 0.818. The molecule has 0 saturated heterocycles. The molecule has 15 heavy (non-hydrogen) atoms. The van der Waals surface area contributed by atoms with Crippen LogP contribution in [0.15, 0.2) is 0 Å². The number of hydrogen-bond donors (Lipinski definition) is 2. The number of carbonyl (C=O) groups excluding carboxylic acids is 1. The van der Waals surface area contributed by atoms with Crippen molar-refractivity contribution in [2.45, 2.75) is 50.7 Å². The van der Waals surface area contributed by atoms with Gasteiger partial charge >= 0.3 is 5.97 Å². The zero-order chi connectivity index (χ0) is 11.3. The molecular weight excluding hydrogens is 194 g/mol. The molecule has 0 aliphatic heterocycles. The first-order valence-corrected chi connectivity index (χ1v) is 5.66. The van der Waals surface area contributed by atoms with Crippen LogP contribution in [0.4, 0.5) is 0 Å². The van der Waals surface area contributed by atoms with Crippen LogP contribution in [0.3, 0.4) is 0 Å². The van der Waals surface area contributed by atoms with Gasteiger partial charge in [-0.2, -0.15) is 0 Å². The molecule has 1 fully saturated rings. The lowest BCUT2D eigenvalue weighted by Crippen LogP contribution is -2.37. The Morgan fingerprint density at radius 1 is 1.47 bits per heavy atom. The molecule has 0 amide bonds. The van der Waals surface area contributed by atoms with Gasteiger partial charge in [0, 0.05) is 0 Å². The molecule has 0 spiro atoms. The Balaban J connectivity index is 2.33. The molecule has 0 aromatic rings. The van der Waals surface area contributed by atoms with Crippen molar-refractivity contribution in [3.8, 4) is 0 Å². The van der Waals surface area contributed by atoms with Gasteiger partial charge < -0.3 is 15.6 Å². The fraction of sp³-hybridized carbons (Fsp3) is 0.909. The van der Waals surface area contributed by atoms with Crippen molar-refractivity contribution in [3.05, 3.63) is 0 Å². The van der Waals surface area contributed by atoms with Gasteiger partial charge in [-0.3, -0.25) is 4.79 Å². The van der Waals surface area contributed by atoms with E-state index in [9.17, 15) is 9.90 Å². The van der Waals surface area contributed by atoms with E-state index in [2.05, 4.69) is 4.74 Å². The molecule has 1 rings (SSSR count). The summed E-state index contributed by atoms with van der Waals surface area (Å²) in [6, 6.07) is -0.688. The quantitative estimate of drug-likeness (QED) is 0.681. The highest BCUT2D eigenvalue weighted by Gasteiger charge is 2.26. The molecule has 0 aromatic heterocycles. The molecule has 0 aromatic carbocycles. The number of methoxy groups -OCH3 is 1. The third-order valence-electron chi connectivity index (χ3n) is 3.19. The van der Waals surface area contributed by atoms with E-state index in [1.165, 1.54) is 26.4 Å². The molecule has 2 atom stereocenters. The van der Waals surface area contributed by atoms with Gasteiger partial charge in [0.1, 0.15) is 6.04 Å².